The Hall–Kier alpha value is -3.28. The van der Waals surface area contributed by atoms with Crippen LogP contribution in [-0.4, -0.2) is 36.8 Å². The highest BCUT2D eigenvalue weighted by molar-refractivity contribution is 5.98. The molecule has 1 heterocycles. The average Bonchev–Trinajstić information content (AvgIpc) is 3.04. The maximum atomic E-state index is 13.0. The van der Waals surface area contributed by atoms with E-state index in [1.807, 2.05) is 51.1 Å². The molecular formula is C22H23NO5. The molecule has 1 aromatic heterocycles. The lowest BCUT2D eigenvalue weighted by molar-refractivity contribution is 0.0547. The molecule has 0 radical (unpaired) electrons. The minimum atomic E-state index is -0.655. The Morgan fingerprint density at radius 2 is 1.68 bits per heavy atom. The van der Waals surface area contributed by atoms with Crippen molar-refractivity contribution in [1.82, 2.24) is 4.57 Å². The first-order chi connectivity index (χ1) is 13.3. The zero-order chi connectivity index (χ0) is 20.5. The van der Waals surface area contributed by atoms with Crippen molar-refractivity contribution >= 4 is 23.3 Å². The molecule has 146 valence electrons. The molecule has 0 saturated heterocycles. The average molecular weight is 381 g/mol. The van der Waals surface area contributed by atoms with E-state index >= 15 is 0 Å². The van der Waals surface area contributed by atoms with Gasteiger partial charge in [0.15, 0.2) is 6.29 Å². The van der Waals surface area contributed by atoms with Crippen LogP contribution < -0.4 is 9.47 Å². The highest BCUT2D eigenvalue weighted by Gasteiger charge is 2.25. The highest BCUT2D eigenvalue weighted by atomic mass is 16.6. The smallest absolute Gasteiger partial charge is 0.419 e. The molecule has 2 aromatic carbocycles. The molecule has 6 heteroatoms. The number of carbonyl (C=O) groups excluding carboxylic acids is 2. The second-order valence-corrected chi connectivity index (χ2v) is 7.32. The van der Waals surface area contributed by atoms with Crippen molar-refractivity contribution in [3.63, 3.8) is 0 Å². The van der Waals surface area contributed by atoms with Crippen LogP contribution in [-0.2, 0) is 4.74 Å². The van der Waals surface area contributed by atoms with Crippen molar-refractivity contribution in [3.8, 4) is 22.8 Å². The summed E-state index contributed by atoms with van der Waals surface area (Å²) in [5.74, 6) is 0.880. The number of aldehydes is 1. The zero-order valence-corrected chi connectivity index (χ0v) is 16.6. The third-order valence-corrected chi connectivity index (χ3v) is 4.24. The summed E-state index contributed by atoms with van der Waals surface area (Å²) in [6.07, 6.45) is 0.205. The molecule has 0 aliphatic rings. The van der Waals surface area contributed by atoms with Gasteiger partial charge in [-0.1, -0.05) is 18.2 Å². The van der Waals surface area contributed by atoms with E-state index in [1.54, 1.807) is 12.1 Å². The predicted molar refractivity (Wildman–Crippen MR) is 107 cm³/mol. The number of benzene rings is 2. The summed E-state index contributed by atoms with van der Waals surface area (Å²) >= 11 is 0. The first-order valence-corrected chi connectivity index (χ1v) is 8.84. The minimum Gasteiger partial charge on any atom is -0.496 e. The third-order valence-electron chi connectivity index (χ3n) is 4.24. The van der Waals surface area contributed by atoms with E-state index in [9.17, 15) is 9.59 Å². The summed E-state index contributed by atoms with van der Waals surface area (Å²) in [6.45, 7) is 5.44. The summed E-state index contributed by atoms with van der Waals surface area (Å²) in [7, 11) is 3.01. The molecule has 0 saturated carbocycles. The fourth-order valence-electron chi connectivity index (χ4n) is 3.07. The number of methoxy groups -OCH3 is 2. The van der Waals surface area contributed by atoms with Gasteiger partial charge in [-0.2, -0.15) is 0 Å². The molecule has 0 N–H and O–H groups in total. The number of ether oxygens (including phenoxy) is 3. The molecule has 0 amide bonds. The number of aromatic nitrogens is 1. The van der Waals surface area contributed by atoms with Crippen LogP contribution in [0.4, 0.5) is 4.79 Å². The number of para-hydroxylation sites is 1. The lowest BCUT2D eigenvalue weighted by Gasteiger charge is -2.21. The van der Waals surface area contributed by atoms with E-state index in [0.29, 0.717) is 40.1 Å². The molecule has 28 heavy (non-hydrogen) atoms. The summed E-state index contributed by atoms with van der Waals surface area (Å²) in [5, 5.41) is 0.869. The molecule has 0 spiro atoms. The van der Waals surface area contributed by atoms with Gasteiger partial charge in [0.05, 0.1) is 31.0 Å². The van der Waals surface area contributed by atoms with Crippen LogP contribution in [0.2, 0.25) is 0 Å². The Bertz CT molecular complexity index is 1040. The standard InChI is InChI=1S/C22H23NO5/c1-22(2,3)28-21(25)23-17-9-7-6-8-14(17)11-18(23)16-10-15(13-24)19(26-4)12-20(16)27-5/h6-13H,1-5H3. The van der Waals surface area contributed by atoms with E-state index in [1.165, 1.54) is 18.8 Å². The van der Waals surface area contributed by atoms with Gasteiger partial charge in [-0.15, -0.1) is 0 Å². The SMILES string of the molecule is COc1cc(OC)c(-c2cc3ccccc3n2C(=O)OC(C)(C)C)cc1C=O. The zero-order valence-electron chi connectivity index (χ0n) is 16.6. The van der Waals surface area contributed by atoms with E-state index < -0.39 is 11.7 Å². The quantitative estimate of drug-likeness (QED) is 0.600. The van der Waals surface area contributed by atoms with E-state index in [0.717, 1.165) is 5.39 Å². The number of rotatable bonds is 4. The Morgan fingerprint density at radius 3 is 2.29 bits per heavy atom. The highest BCUT2D eigenvalue weighted by Crippen LogP contribution is 2.38. The maximum Gasteiger partial charge on any atom is 0.419 e. The second-order valence-electron chi connectivity index (χ2n) is 7.32. The van der Waals surface area contributed by atoms with Crippen molar-refractivity contribution in [2.45, 2.75) is 26.4 Å². The lowest BCUT2D eigenvalue weighted by Crippen LogP contribution is -2.27. The number of hydrogen-bond acceptors (Lipinski definition) is 5. The van der Waals surface area contributed by atoms with Gasteiger partial charge in [-0.05, 0) is 39.0 Å². The number of nitrogens with zero attached hydrogens (tertiary/aromatic N) is 1. The molecule has 3 rings (SSSR count). The van der Waals surface area contributed by atoms with Gasteiger partial charge in [-0.25, -0.2) is 9.36 Å². The molecule has 0 unspecified atom stereocenters. The lowest BCUT2D eigenvalue weighted by atomic mass is 10.1. The normalized spacial score (nSPS) is 11.3. The number of hydrogen-bond donors (Lipinski definition) is 0. The largest absolute Gasteiger partial charge is 0.496 e. The molecule has 0 atom stereocenters. The molecular weight excluding hydrogens is 358 g/mol. The molecule has 6 nitrogen and oxygen atoms in total. The topological polar surface area (TPSA) is 66.8 Å². The second kappa shape index (κ2) is 7.38. The van der Waals surface area contributed by atoms with Crippen molar-refractivity contribution in [2.24, 2.45) is 0 Å². The van der Waals surface area contributed by atoms with Crippen LogP contribution in [0, 0.1) is 0 Å². The van der Waals surface area contributed by atoms with Gasteiger partial charge >= 0.3 is 6.09 Å². The fraction of sp³-hybridized carbons (Fsp3) is 0.273. The van der Waals surface area contributed by atoms with Crippen LogP contribution >= 0.6 is 0 Å². The maximum absolute atomic E-state index is 13.0. The van der Waals surface area contributed by atoms with Gasteiger partial charge < -0.3 is 14.2 Å². The predicted octanol–water partition coefficient (Wildman–Crippen LogP) is 4.92. The van der Waals surface area contributed by atoms with E-state index in [-0.39, 0.29) is 0 Å². The Balaban J connectivity index is 2.31. The first kappa shape index (κ1) is 19.5. The monoisotopic (exact) mass is 381 g/mol. The van der Waals surface area contributed by atoms with Crippen LogP contribution in [0.5, 0.6) is 11.5 Å². The van der Waals surface area contributed by atoms with E-state index in [2.05, 4.69) is 0 Å². The third kappa shape index (κ3) is 3.58. The fourth-order valence-corrected chi connectivity index (χ4v) is 3.07. The minimum absolute atomic E-state index is 0.360. The van der Waals surface area contributed by atoms with Gasteiger partial charge in [0.25, 0.3) is 0 Å². The van der Waals surface area contributed by atoms with Gasteiger partial charge in [0.2, 0.25) is 0 Å². The summed E-state index contributed by atoms with van der Waals surface area (Å²) in [4.78, 5) is 24.5. The first-order valence-electron chi connectivity index (χ1n) is 8.84. The Kier molecular flexibility index (Phi) is 5.14. The van der Waals surface area contributed by atoms with Gasteiger partial charge in [-0.3, -0.25) is 4.79 Å². The number of carbonyl (C=O) groups is 2. The Labute approximate surface area is 163 Å². The van der Waals surface area contributed by atoms with Crippen LogP contribution in [0.15, 0.2) is 42.5 Å². The molecule has 0 aliphatic heterocycles. The van der Waals surface area contributed by atoms with E-state index in [4.69, 9.17) is 14.2 Å². The summed E-state index contributed by atoms with van der Waals surface area (Å²) in [5.41, 5.74) is 1.57. The van der Waals surface area contributed by atoms with Crippen molar-refractivity contribution < 1.29 is 23.8 Å². The summed E-state index contributed by atoms with van der Waals surface area (Å²) in [6, 6.07) is 12.7. The Morgan fingerprint density at radius 1 is 1.00 bits per heavy atom. The van der Waals surface area contributed by atoms with Gasteiger partial charge in [0, 0.05) is 17.0 Å². The summed E-state index contributed by atoms with van der Waals surface area (Å²) < 4.78 is 17.9. The van der Waals surface area contributed by atoms with Crippen LogP contribution in [0.3, 0.4) is 0 Å². The molecule has 0 fully saturated rings. The van der Waals surface area contributed by atoms with Crippen molar-refractivity contribution in [2.75, 3.05) is 14.2 Å². The van der Waals surface area contributed by atoms with Crippen LogP contribution in [0.25, 0.3) is 22.2 Å². The van der Waals surface area contributed by atoms with Gasteiger partial charge in [0.1, 0.15) is 17.1 Å². The van der Waals surface area contributed by atoms with Crippen LogP contribution in [0.1, 0.15) is 31.1 Å². The van der Waals surface area contributed by atoms with Crippen molar-refractivity contribution in [3.05, 3.63) is 48.0 Å². The van der Waals surface area contributed by atoms with Crippen molar-refractivity contribution in [1.29, 1.82) is 0 Å². The number of fused-ring (bicyclic) bond motifs is 1. The molecule has 0 aliphatic carbocycles. The molecule has 3 aromatic rings. The molecule has 0 bridgehead atoms.